The quantitative estimate of drug-likeness (QED) is 0.418. The molecule has 0 spiro atoms. The van der Waals surface area contributed by atoms with E-state index in [0.717, 1.165) is 4.32 Å². The number of terminal acetylenes is 1. The topological polar surface area (TPSA) is 3.24 Å². The molecule has 0 aromatic rings. The third kappa shape index (κ3) is 4.31. The van der Waals surface area contributed by atoms with Gasteiger partial charge in [-0.05, 0) is 0 Å². The van der Waals surface area contributed by atoms with E-state index in [0.29, 0.717) is 5.75 Å². The molecule has 0 aromatic heterocycles. The molecule has 0 amide bonds. The van der Waals surface area contributed by atoms with Crippen LogP contribution in [0.15, 0.2) is 0 Å². The van der Waals surface area contributed by atoms with E-state index in [-0.39, 0.29) is 0 Å². The van der Waals surface area contributed by atoms with Crippen LogP contribution < -0.4 is 0 Å². The zero-order valence-corrected chi connectivity index (χ0v) is 7.18. The lowest BCUT2D eigenvalue weighted by atomic mass is 10.8. The summed E-state index contributed by atoms with van der Waals surface area (Å²) in [6.07, 6.45) is 5.03. The molecule has 0 bridgehead atoms. The minimum atomic E-state index is 0.664. The monoisotopic (exact) mass is 159 g/mol. The fourth-order valence-electron chi connectivity index (χ4n) is 0.233. The van der Waals surface area contributed by atoms with Crippen molar-refractivity contribution in [2.75, 3.05) is 19.8 Å². The van der Waals surface area contributed by atoms with Crippen LogP contribution in [0, 0.1) is 12.3 Å². The molecule has 0 heterocycles. The summed E-state index contributed by atoms with van der Waals surface area (Å²) in [5.41, 5.74) is 0. The third-order valence-electron chi connectivity index (χ3n) is 0.644. The van der Waals surface area contributed by atoms with Gasteiger partial charge in [-0.3, -0.25) is 0 Å². The molecule has 0 aromatic carbocycles. The second-order valence-electron chi connectivity index (χ2n) is 1.65. The zero-order chi connectivity index (χ0) is 7.28. The maximum absolute atomic E-state index is 5.03. The summed E-state index contributed by atoms with van der Waals surface area (Å²) in [7, 11) is 3.82. The van der Waals surface area contributed by atoms with Gasteiger partial charge in [0.2, 0.25) is 0 Å². The molecular weight excluding hydrogens is 150 g/mol. The Kier molecular flexibility index (Phi) is 4.55. The van der Waals surface area contributed by atoms with Crippen molar-refractivity contribution in [1.29, 1.82) is 0 Å². The van der Waals surface area contributed by atoms with Gasteiger partial charge in [-0.2, -0.15) is 0 Å². The van der Waals surface area contributed by atoms with Crippen molar-refractivity contribution >= 4 is 28.3 Å². The van der Waals surface area contributed by atoms with Crippen molar-refractivity contribution in [1.82, 2.24) is 4.90 Å². The molecule has 0 fully saturated rings. The fourth-order valence-corrected chi connectivity index (χ4v) is 0.874. The van der Waals surface area contributed by atoms with Crippen molar-refractivity contribution in [3.8, 4) is 12.3 Å². The van der Waals surface area contributed by atoms with Crippen LogP contribution in [0.3, 0.4) is 0 Å². The van der Waals surface area contributed by atoms with Crippen molar-refractivity contribution in [3.63, 3.8) is 0 Å². The van der Waals surface area contributed by atoms with Crippen LogP contribution in [0.1, 0.15) is 0 Å². The van der Waals surface area contributed by atoms with E-state index in [1.54, 1.807) is 0 Å². The molecule has 0 aliphatic heterocycles. The van der Waals surface area contributed by atoms with E-state index in [2.05, 4.69) is 5.92 Å². The van der Waals surface area contributed by atoms with E-state index < -0.39 is 0 Å². The standard InChI is InChI=1S/C6H9NS2/c1-4-5-9-6(8)7(2)3/h1H,5H2,2-3H3. The minimum absolute atomic E-state index is 0.664. The van der Waals surface area contributed by atoms with Gasteiger partial charge >= 0.3 is 0 Å². The Morgan fingerprint density at radius 3 is 2.67 bits per heavy atom. The number of thiocarbonyl (C=S) groups is 1. The summed E-state index contributed by atoms with van der Waals surface area (Å²) >= 11 is 6.44. The smallest absolute Gasteiger partial charge is 0.136 e. The van der Waals surface area contributed by atoms with Gasteiger partial charge in [0.05, 0.1) is 5.75 Å². The Morgan fingerprint density at radius 1 is 1.78 bits per heavy atom. The van der Waals surface area contributed by atoms with E-state index in [1.165, 1.54) is 11.8 Å². The molecule has 0 N–H and O–H groups in total. The molecule has 0 radical (unpaired) electrons. The Hall–Kier alpha value is -0.200. The second kappa shape index (κ2) is 4.66. The summed E-state index contributed by atoms with van der Waals surface area (Å²) in [4.78, 5) is 1.87. The first-order valence-corrected chi connectivity index (χ1v) is 3.85. The highest BCUT2D eigenvalue weighted by molar-refractivity contribution is 8.23. The van der Waals surface area contributed by atoms with Gasteiger partial charge < -0.3 is 4.90 Å². The maximum atomic E-state index is 5.03. The Morgan fingerprint density at radius 2 is 2.33 bits per heavy atom. The minimum Gasteiger partial charge on any atom is -0.364 e. The average Bonchev–Trinajstić information content (AvgIpc) is 1.82. The van der Waals surface area contributed by atoms with Crippen LogP contribution in [0.2, 0.25) is 0 Å². The fraction of sp³-hybridized carbons (Fsp3) is 0.500. The Balaban J connectivity index is 3.42. The highest BCUT2D eigenvalue weighted by Crippen LogP contribution is 2.03. The normalized spacial score (nSPS) is 8.11. The lowest BCUT2D eigenvalue weighted by Gasteiger charge is -2.10. The highest BCUT2D eigenvalue weighted by atomic mass is 32.2. The van der Waals surface area contributed by atoms with E-state index in [4.69, 9.17) is 18.6 Å². The molecule has 1 nitrogen and oxygen atoms in total. The number of nitrogens with zero attached hydrogens (tertiary/aromatic N) is 1. The Bertz CT molecular complexity index is 134. The lowest BCUT2D eigenvalue weighted by molar-refractivity contribution is 0.648. The van der Waals surface area contributed by atoms with Gasteiger partial charge in [0.25, 0.3) is 0 Å². The van der Waals surface area contributed by atoms with Crippen LogP contribution in [-0.4, -0.2) is 29.1 Å². The first kappa shape index (κ1) is 8.80. The lowest BCUT2D eigenvalue weighted by Crippen LogP contribution is -2.16. The number of rotatable bonds is 1. The molecule has 0 atom stereocenters. The van der Waals surface area contributed by atoms with Crippen LogP contribution in [0.5, 0.6) is 0 Å². The van der Waals surface area contributed by atoms with Gasteiger partial charge in [0.1, 0.15) is 4.32 Å². The van der Waals surface area contributed by atoms with Crippen LogP contribution in [-0.2, 0) is 0 Å². The predicted molar refractivity (Wildman–Crippen MR) is 47.6 cm³/mol. The Labute approximate surface area is 65.8 Å². The van der Waals surface area contributed by atoms with E-state index in [1.807, 2.05) is 19.0 Å². The van der Waals surface area contributed by atoms with Crippen molar-refractivity contribution in [2.24, 2.45) is 0 Å². The SMILES string of the molecule is C#CCSC(=S)N(C)C. The van der Waals surface area contributed by atoms with Crippen molar-refractivity contribution < 1.29 is 0 Å². The molecule has 0 aliphatic carbocycles. The van der Waals surface area contributed by atoms with Gasteiger partial charge in [-0.25, -0.2) is 0 Å². The molecule has 0 saturated carbocycles. The molecule has 0 rings (SSSR count). The number of thioether (sulfide) groups is 1. The van der Waals surface area contributed by atoms with Crippen molar-refractivity contribution in [2.45, 2.75) is 0 Å². The average molecular weight is 159 g/mol. The van der Waals surface area contributed by atoms with Gasteiger partial charge in [0.15, 0.2) is 0 Å². The summed E-state index contributed by atoms with van der Waals surface area (Å²) in [5, 5.41) is 0. The number of hydrogen-bond acceptors (Lipinski definition) is 2. The first-order valence-electron chi connectivity index (χ1n) is 2.46. The van der Waals surface area contributed by atoms with Crippen molar-refractivity contribution in [3.05, 3.63) is 0 Å². The predicted octanol–water partition coefficient (Wildman–Crippen LogP) is 1.20. The van der Waals surface area contributed by atoms with Crippen LogP contribution >= 0.6 is 24.0 Å². The molecule has 50 valence electrons. The molecular formula is C6H9NS2. The summed E-state index contributed by atoms with van der Waals surface area (Å²) in [6.45, 7) is 0. The first-order chi connectivity index (χ1) is 4.18. The highest BCUT2D eigenvalue weighted by Gasteiger charge is 1.95. The molecule has 9 heavy (non-hydrogen) atoms. The second-order valence-corrected chi connectivity index (χ2v) is 3.26. The van der Waals surface area contributed by atoms with Gasteiger partial charge in [-0.1, -0.05) is 29.9 Å². The zero-order valence-electron chi connectivity index (χ0n) is 5.55. The maximum Gasteiger partial charge on any atom is 0.136 e. The largest absolute Gasteiger partial charge is 0.364 e. The van der Waals surface area contributed by atoms with Gasteiger partial charge in [0, 0.05) is 14.1 Å². The van der Waals surface area contributed by atoms with E-state index in [9.17, 15) is 0 Å². The van der Waals surface area contributed by atoms with Crippen LogP contribution in [0.4, 0.5) is 0 Å². The van der Waals surface area contributed by atoms with E-state index >= 15 is 0 Å². The van der Waals surface area contributed by atoms with Crippen LogP contribution in [0.25, 0.3) is 0 Å². The summed E-state index contributed by atoms with van der Waals surface area (Å²) in [5.74, 6) is 3.17. The summed E-state index contributed by atoms with van der Waals surface area (Å²) in [6, 6.07) is 0. The van der Waals surface area contributed by atoms with Gasteiger partial charge in [-0.15, -0.1) is 6.42 Å². The molecule has 3 heteroatoms. The summed E-state index contributed by atoms with van der Waals surface area (Å²) < 4.78 is 0.841. The number of hydrogen-bond donors (Lipinski definition) is 0. The molecule has 0 unspecified atom stereocenters. The third-order valence-corrected chi connectivity index (χ3v) is 2.29. The molecule has 0 aliphatic rings. The molecule has 0 saturated heterocycles.